The molecule has 0 atom stereocenters. The third kappa shape index (κ3) is 1.88. The van der Waals surface area contributed by atoms with E-state index in [1.54, 1.807) is 17.7 Å². The minimum Gasteiger partial charge on any atom is -0.481 e. The van der Waals surface area contributed by atoms with E-state index >= 15 is 0 Å². The minimum absolute atomic E-state index is 0.0346. The zero-order chi connectivity index (χ0) is 17.1. The van der Waals surface area contributed by atoms with Crippen LogP contribution in [0.5, 0.6) is 5.88 Å². The SMILES string of the molecule is CC(=O)N1CCc2c(nc[n+]3c(O)c4n(c23)CCC4)-c2ccccc21. The number of aromatic hydroxyl groups is 1. The smallest absolute Gasteiger partial charge is 0.295 e. The molecule has 1 amide bonds. The van der Waals surface area contributed by atoms with Crippen LogP contribution in [0.1, 0.15) is 24.6 Å². The number of carbonyl (C=O) groups is 1. The monoisotopic (exact) mass is 335 g/mol. The molecular weight excluding hydrogens is 316 g/mol. The molecule has 0 saturated carbocycles. The highest BCUT2D eigenvalue weighted by molar-refractivity contribution is 5.97. The number of carbonyl (C=O) groups excluding carboxylic acids is 1. The molecule has 2 aromatic heterocycles. The molecule has 25 heavy (non-hydrogen) atoms. The van der Waals surface area contributed by atoms with Crippen molar-refractivity contribution in [2.45, 2.75) is 32.7 Å². The standard InChI is InChI=1S/C19H18N4O2/c1-12(24)21-10-8-14-17(13-5-2-3-6-15(13)21)20-11-23-18(14)22-9-4-7-16(22)19(23)25/h2-3,5-6,11H,4,7-10H2,1H3/p+1. The Morgan fingerprint density at radius 2 is 2.08 bits per heavy atom. The Morgan fingerprint density at radius 3 is 2.92 bits per heavy atom. The Hall–Kier alpha value is -2.89. The number of aromatic nitrogens is 3. The highest BCUT2D eigenvalue weighted by atomic mass is 16.3. The summed E-state index contributed by atoms with van der Waals surface area (Å²) in [6, 6.07) is 7.93. The zero-order valence-corrected chi connectivity index (χ0v) is 14.1. The Balaban J connectivity index is 1.85. The number of aryl methyl sites for hydroxylation is 1. The fourth-order valence-electron chi connectivity index (χ4n) is 4.27. The van der Waals surface area contributed by atoms with Gasteiger partial charge in [0.25, 0.3) is 5.88 Å². The van der Waals surface area contributed by atoms with E-state index in [0.717, 1.165) is 53.2 Å². The quantitative estimate of drug-likeness (QED) is 0.638. The summed E-state index contributed by atoms with van der Waals surface area (Å²) in [5.74, 6) is 0.330. The van der Waals surface area contributed by atoms with Gasteiger partial charge in [-0.25, -0.2) is 0 Å². The minimum atomic E-state index is 0.0346. The summed E-state index contributed by atoms with van der Waals surface area (Å²) in [5, 5.41) is 10.6. The molecule has 0 fully saturated rings. The summed E-state index contributed by atoms with van der Waals surface area (Å²) in [6.07, 6.45) is 4.35. The van der Waals surface area contributed by atoms with Gasteiger partial charge in [0.1, 0.15) is 0 Å². The molecule has 2 aliphatic heterocycles. The first-order valence-corrected chi connectivity index (χ1v) is 8.68. The molecule has 6 nitrogen and oxygen atoms in total. The Bertz CT molecular complexity index is 1040. The third-order valence-electron chi connectivity index (χ3n) is 5.36. The van der Waals surface area contributed by atoms with E-state index < -0.39 is 0 Å². The van der Waals surface area contributed by atoms with Gasteiger partial charge in [-0.05, 0) is 18.6 Å². The van der Waals surface area contributed by atoms with Gasteiger partial charge in [-0.3, -0.25) is 9.36 Å². The number of hydrogen-bond acceptors (Lipinski definition) is 3. The zero-order valence-electron chi connectivity index (χ0n) is 14.1. The number of rotatable bonds is 0. The molecule has 0 unspecified atom stereocenters. The van der Waals surface area contributed by atoms with E-state index in [1.807, 2.05) is 29.2 Å². The lowest BCUT2D eigenvalue weighted by Gasteiger charge is -2.20. The van der Waals surface area contributed by atoms with Crippen LogP contribution in [0.4, 0.5) is 5.69 Å². The molecule has 5 rings (SSSR count). The first-order chi connectivity index (χ1) is 12.2. The molecule has 0 bridgehead atoms. The van der Waals surface area contributed by atoms with Gasteiger partial charge in [0, 0.05) is 31.9 Å². The third-order valence-corrected chi connectivity index (χ3v) is 5.36. The number of hydrogen-bond donors (Lipinski definition) is 1. The molecule has 4 heterocycles. The maximum absolute atomic E-state index is 12.2. The van der Waals surface area contributed by atoms with Gasteiger partial charge in [0.05, 0.1) is 17.8 Å². The van der Waals surface area contributed by atoms with E-state index in [9.17, 15) is 9.90 Å². The van der Waals surface area contributed by atoms with Crippen molar-refractivity contribution in [3.8, 4) is 17.1 Å². The van der Waals surface area contributed by atoms with Gasteiger partial charge in [-0.1, -0.05) is 12.1 Å². The molecule has 126 valence electrons. The van der Waals surface area contributed by atoms with Gasteiger partial charge in [0.2, 0.25) is 17.9 Å². The van der Waals surface area contributed by atoms with E-state index in [1.165, 1.54) is 0 Å². The molecule has 0 saturated heterocycles. The average Bonchev–Trinajstić information content (AvgIpc) is 3.13. The largest absolute Gasteiger partial charge is 0.481 e. The molecular formula is C19H19N4O2+. The van der Waals surface area contributed by atoms with Crippen LogP contribution in [0.2, 0.25) is 0 Å². The maximum atomic E-state index is 12.2. The van der Waals surface area contributed by atoms with Gasteiger partial charge < -0.3 is 10.0 Å². The number of imidazole rings is 1. The summed E-state index contributed by atoms with van der Waals surface area (Å²) < 4.78 is 4.00. The number of fused-ring (bicyclic) bond motifs is 7. The van der Waals surface area contributed by atoms with Crippen LogP contribution in [-0.4, -0.2) is 27.1 Å². The number of nitrogens with zero attached hydrogens (tertiary/aromatic N) is 4. The van der Waals surface area contributed by atoms with Crippen molar-refractivity contribution >= 4 is 17.2 Å². The maximum Gasteiger partial charge on any atom is 0.295 e. The van der Waals surface area contributed by atoms with Crippen LogP contribution in [0.25, 0.3) is 16.9 Å². The summed E-state index contributed by atoms with van der Waals surface area (Å²) >= 11 is 0. The first-order valence-electron chi connectivity index (χ1n) is 8.68. The van der Waals surface area contributed by atoms with E-state index in [2.05, 4.69) is 9.55 Å². The summed E-state index contributed by atoms with van der Waals surface area (Å²) in [5.41, 5.74) is 5.88. The van der Waals surface area contributed by atoms with Crippen molar-refractivity contribution < 1.29 is 14.3 Å². The van der Waals surface area contributed by atoms with Crippen LogP contribution >= 0.6 is 0 Å². The van der Waals surface area contributed by atoms with Gasteiger partial charge >= 0.3 is 0 Å². The average molecular weight is 335 g/mol. The normalized spacial score (nSPS) is 15.6. The van der Waals surface area contributed by atoms with Crippen LogP contribution in [0.15, 0.2) is 30.6 Å². The number of benzene rings is 1. The molecule has 2 aliphatic rings. The lowest BCUT2D eigenvalue weighted by atomic mass is 10.0. The molecule has 1 aromatic carbocycles. The Morgan fingerprint density at radius 1 is 1.24 bits per heavy atom. The van der Waals surface area contributed by atoms with E-state index in [4.69, 9.17) is 0 Å². The second-order valence-corrected chi connectivity index (χ2v) is 6.73. The van der Waals surface area contributed by atoms with Crippen LogP contribution < -0.4 is 9.30 Å². The van der Waals surface area contributed by atoms with Crippen molar-refractivity contribution in [2.24, 2.45) is 0 Å². The Kier molecular flexibility index (Phi) is 2.92. The first kappa shape index (κ1) is 14.5. The highest BCUT2D eigenvalue weighted by Crippen LogP contribution is 2.37. The van der Waals surface area contributed by atoms with Gasteiger partial charge in [0.15, 0.2) is 11.4 Å². The molecule has 0 spiro atoms. The van der Waals surface area contributed by atoms with Crippen LogP contribution in [-0.2, 0) is 24.2 Å². The summed E-state index contributed by atoms with van der Waals surface area (Å²) in [4.78, 5) is 18.7. The van der Waals surface area contributed by atoms with Crippen molar-refractivity contribution in [1.82, 2.24) is 9.55 Å². The molecule has 6 heteroatoms. The van der Waals surface area contributed by atoms with Crippen molar-refractivity contribution in [3.63, 3.8) is 0 Å². The molecule has 3 aromatic rings. The fourth-order valence-corrected chi connectivity index (χ4v) is 4.27. The van der Waals surface area contributed by atoms with E-state index in [-0.39, 0.29) is 5.91 Å². The van der Waals surface area contributed by atoms with E-state index in [0.29, 0.717) is 18.8 Å². The van der Waals surface area contributed by atoms with Crippen LogP contribution in [0, 0.1) is 0 Å². The second-order valence-electron chi connectivity index (χ2n) is 6.73. The predicted octanol–water partition coefficient (Wildman–Crippen LogP) is 1.85. The van der Waals surface area contributed by atoms with Crippen molar-refractivity contribution in [3.05, 3.63) is 41.9 Å². The fraction of sp³-hybridized carbons (Fsp3) is 0.316. The highest BCUT2D eigenvalue weighted by Gasteiger charge is 2.34. The van der Waals surface area contributed by atoms with Gasteiger partial charge in [-0.2, -0.15) is 4.40 Å². The molecule has 0 radical (unpaired) electrons. The second kappa shape index (κ2) is 5.05. The topological polar surface area (TPSA) is 62.5 Å². The number of para-hydroxylation sites is 1. The van der Waals surface area contributed by atoms with Crippen molar-refractivity contribution in [2.75, 3.05) is 11.4 Å². The van der Waals surface area contributed by atoms with Gasteiger partial charge in [-0.15, -0.1) is 4.98 Å². The summed E-state index contributed by atoms with van der Waals surface area (Å²) in [7, 11) is 0. The number of anilines is 1. The van der Waals surface area contributed by atoms with Crippen molar-refractivity contribution in [1.29, 1.82) is 0 Å². The Labute approximate surface area is 145 Å². The lowest BCUT2D eigenvalue weighted by Crippen LogP contribution is -2.30. The predicted molar refractivity (Wildman–Crippen MR) is 92.5 cm³/mol. The number of amides is 1. The van der Waals surface area contributed by atoms with Crippen LogP contribution in [0.3, 0.4) is 0 Å². The molecule has 1 N–H and O–H groups in total. The summed E-state index contributed by atoms with van der Waals surface area (Å²) in [6.45, 7) is 3.13. The molecule has 0 aliphatic carbocycles. The lowest BCUT2D eigenvalue weighted by molar-refractivity contribution is -0.525.